The van der Waals surface area contributed by atoms with E-state index in [0.29, 0.717) is 6.04 Å². The van der Waals surface area contributed by atoms with Gasteiger partial charge in [0.2, 0.25) is 0 Å². The van der Waals surface area contributed by atoms with Crippen molar-refractivity contribution >= 4 is 0 Å². The van der Waals surface area contributed by atoms with E-state index in [4.69, 9.17) is 5.73 Å². The maximum atomic E-state index is 6.39. The van der Waals surface area contributed by atoms with Gasteiger partial charge in [0, 0.05) is 12.6 Å². The molecule has 2 heteroatoms. The summed E-state index contributed by atoms with van der Waals surface area (Å²) in [5.41, 5.74) is 7.32. The van der Waals surface area contributed by atoms with Crippen LogP contribution in [0.4, 0.5) is 0 Å². The molecule has 1 aromatic carbocycles. The highest BCUT2D eigenvalue weighted by atomic mass is 15.0. The second-order valence-electron chi connectivity index (χ2n) is 5.78. The molecule has 0 spiro atoms. The third-order valence-corrected chi connectivity index (χ3v) is 3.89. The van der Waals surface area contributed by atoms with Crippen molar-refractivity contribution in [2.45, 2.75) is 44.7 Å². The Bertz CT molecular complexity index is 345. The van der Waals surface area contributed by atoms with E-state index in [-0.39, 0.29) is 5.54 Å². The van der Waals surface area contributed by atoms with E-state index >= 15 is 0 Å². The van der Waals surface area contributed by atoms with Gasteiger partial charge in [0.15, 0.2) is 0 Å². The average Bonchev–Trinajstić information content (AvgIpc) is 2.74. The Morgan fingerprint density at radius 2 is 2.00 bits per heavy atom. The van der Waals surface area contributed by atoms with Gasteiger partial charge in [0.1, 0.15) is 0 Å². The van der Waals surface area contributed by atoms with Crippen LogP contribution < -0.4 is 11.1 Å². The van der Waals surface area contributed by atoms with Crippen LogP contribution >= 0.6 is 0 Å². The maximum Gasteiger partial charge on any atom is 0.0507 e. The Morgan fingerprint density at radius 1 is 1.29 bits per heavy atom. The molecule has 2 rings (SSSR count). The molecule has 0 amide bonds. The van der Waals surface area contributed by atoms with E-state index in [1.54, 1.807) is 0 Å². The molecule has 3 atom stereocenters. The second-order valence-corrected chi connectivity index (χ2v) is 5.78. The van der Waals surface area contributed by atoms with Gasteiger partial charge in [-0.15, -0.1) is 0 Å². The maximum absolute atomic E-state index is 6.39. The molecule has 0 saturated heterocycles. The average molecular weight is 232 g/mol. The highest BCUT2D eigenvalue weighted by Gasteiger charge is 2.25. The van der Waals surface area contributed by atoms with Gasteiger partial charge in [-0.25, -0.2) is 0 Å². The Hall–Kier alpha value is -0.860. The van der Waals surface area contributed by atoms with E-state index in [1.807, 2.05) is 6.07 Å². The molecule has 1 aliphatic carbocycles. The quantitative estimate of drug-likeness (QED) is 0.837. The molecular weight excluding hydrogens is 208 g/mol. The van der Waals surface area contributed by atoms with Gasteiger partial charge >= 0.3 is 0 Å². The molecule has 0 heterocycles. The lowest BCUT2D eigenvalue weighted by Gasteiger charge is -2.27. The van der Waals surface area contributed by atoms with Crippen LogP contribution in [0.25, 0.3) is 0 Å². The Morgan fingerprint density at radius 3 is 2.59 bits per heavy atom. The molecular formula is C15H24N2. The first-order chi connectivity index (χ1) is 8.08. The van der Waals surface area contributed by atoms with Gasteiger partial charge in [-0.3, -0.25) is 0 Å². The van der Waals surface area contributed by atoms with E-state index in [2.05, 4.69) is 43.4 Å². The van der Waals surface area contributed by atoms with Crippen LogP contribution in [0.2, 0.25) is 0 Å². The fourth-order valence-electron chi connectivity index (χ4n) is 2.67. The van der Waals surface area contributed by atoms with E-state index < -0.39 is 0 Å². The van der Waals surface area contributed by atoms with Crippen molar-refractivity contribution in [3.63, 3.8) is 0 Å². The lowest BCUT2D eigenvalue weighted by atomic mass is 9.93. The number of rotatable bonds is 4. The van der Waals surface area contributed by atoms with Crippen molar-refractivity contribution in [2.75, 3.05) is 6.54 Å². The molecule has 0 aliphatic heterocycles. The zero-order valence-corrected chi connectivity index (χ0v) is 10.9. The minimum Gasteiger partial charge on any atom is -0.321 e. The van der Waals surface area contributed by atoms with Crippen LogP contribution in [0.15, 0.2) is 30.3 Å². The molecule has 0 aromatic heterocycles. The summed E-state index contributed by atoms with van der Waals surface area (Å²) in [6.45, 7) is 5.29. The molecule has 1 fully saturated rings. The summed E-state index contributed by atoms with van der Waals surface area (Å²) in [6, 6.07) is 11.0. The van der Waals surface area contributed by atoms with Gasteiger partial charge < -0.3 is 11.1 Å². The highest BCUT2D eigenvalue weighted by Crippen LogP contribution is 2.25. The molecule has 17 heavy (non-hydrogen) atoms. The summed E-state index contributed by atoms with van der Waals surface area (Å²) in [7, 11) is 0. The molecule has 1 saturated carbocycles. The van der Waals surface area contributed by atoms with Crippen molar-refractivity contribution in [2.24, 2.45) is 11.7 Å². The molecule has 0 bridgehead atoms. The smallest absolute Gasteiger partial charge is 0.0507 e. The van der Waals surface area contributed by atoms with Crippen molar-refractivity contribution in [3.8, 4) is 0 Å². The Kier molecular flexibility index (Phi) is 3.85. The van der Waals surface area contributed by atoms with Gasteiger partial charge in [-0.2, -0.15) is 0 Å². The molecule has 2 nitrogen and oxygen atoms in total. The SMILES string of the molecule is CC1CCC(NCC(C)(N)c2ccccc2)C1. The summed E-state index contributed by atoms with van der Waals surface area (Å²) in [5, 5.41) is 3.63. The van der Waals surface area contributed by atoms with Crippen LogP contribution in [0, 0.1) is 5.92 Å². The minimum atomic E-state index is -0.271. The summed E-state index contributed by atoms with van der Waals surface area (Å²) in [4.78, 5) is 0. The minimum absolute atomic E-state index is 0.271. The topological polar surface area (TPSA) is 38.0 Å². The molecule has 0 radical (unpaired) electrons. The number of hydrogen-bond acceptors (Lipinski definition) is 2. The fourth-order valence-corrected chi connectivity index (χ4v) is 2.67. The molecule has 3 N–H and O–H groups in total. The van der Waals surface area contributed by atoms with Gasteiger partial charge in [-0.1, -0.05) is 37.3 Å². The van der Waals surface area contributed by atoms with Crippen LogP contribution in [-0.4, -0.2) is 12.6 Å². The van der Waals surface area contributed by atoms with E-state index in [1.165, 1.54) is 24.8 Å². The summed E-state index contributed by atoms with van der Waals surface area (Å²) in [5.74, 6) is 0.869. The highest BCUT2D eigenvalue weighted by molar-refractivity contribution is 5.23. The third-order valence-electron chi connectivity index (χ3n) is 3.89. The Balaban J connectivity index is 1.89. The first-order valence-corrected chi connectivity index (χ1v) is 6.66. The number of benzene rings is 1. The Labute approximate surface area is 105 Å². The summed E-state index contributed by atoms with van der Waals surface area (Å²) in [6.07, 6.45) is 3.95. The van der Waals surface area contributed by atoms with Gasteiger partial charge in [0.25, 0.3) is 0 Å². The fraction of sp³-hybridized carbons (Fsp3) is 0.600. The van der Waals surface area contributed by atoms with E-state index in [0.717, 1.165) is 12.5 Å². The molecule has 3 unspecified atom stereocenters. The van der Waals surface area contributed by atoms with Crippen molar-refractivity contribution in [3.05, 3.63) is 35.9 Å². The van der Waals surface area contributed by atoms with Gasteiger partial charge in [0.05, 0.1) is 5.54 Å². The lowest BCUT2D eigenvalue weighted by Crippen LogP contribution is -2.46. The van der Waals surface area contributed by atoms with Crippen LogP contribution in [0.5, 0.6) is 0 Å². The number of hydrogen-bond donors (Lipinski definition) is 2. The second kappa shape index (κ2) is 5.19. The number of nitrogens with one attached hydrogen (secondary N) is 1. The predicted octanol–water partition coefficient (Wildman–Crippen LogP) is 2.64. The molecule has 1 aromatic rings. The van der Waals surface area contributed by atoms with Crippen molar-refractivity contribution in [1.82, 2.24) is 5.32 Å². The van der Waals surface area contributed by atoms with Crippen LogP contribution in [0.3, 0.4) is 0 Å². The summed E-state index contributed by atoms with van der Waals surface area (Å²) >= 11 is 0. The molecule has 94 valence electrons. The predicted molar refractivity (Wildman–Crippen MR) is 72.8 cm³/mol. The monoisotopic (exact) mass is 232 g/mol. The molecule has 1 aliphatic rings. The third kappa shape index (κ3) is 3.30. The van der Waals surface area contributed by atoms with Crippen LogP contribution in [-0.2, 0) is 5.54 Å². The van der Waals surface area contributed by atoms with Gasteiger partial charge in [-0.05, 0) is 37.7 Å². The first-order valence-electron chi connectivity index (χ1n) is 6.66. The lowest BCUT2D eigenvalue weighted by molar-refractivity contribution is 0.398. The zero-order chi connectivity index (χ0) is 12.3. The normalized spacial score (nSPS) is 27.9. The van der Waals surface area contributed by atoms with E-state index in [9.17, 15) is 0 Å². The van der Waals surface area contributed by atoms with Crippen LogP contribution in [0.1, 0.15) is 38.7 Å². The standard InChI is InChI=1S/C15H24N2/c1-12-8-9-14(10-12)17-11-15(2,16)13-6-4-3-5-7-13/h3-7,12,14,17H,8-11,16H2,1-2H3. The summed E-state index contributed by atoms with van der Waals surface area (Å²) < 4.78 is 0. The first kappa shape index (κ1) is 12.6. The van der Waals surface area contributed by atoms with Crippen molar-refractivity contribution < 1.29 is 0 Å². The number of nitrogens with two attached hydrogens (primary N) is 1. The largest absolute Gasteiger partial charge is 0.321 e. The zero-order valence-electron chi connectivity index (χ0n) is 10.9. The van der Waals surface area contributed by atoms with Crippen molar-refractivity contribution in [1.29, 1.82) is 0 Å².